The van der Waals surface area contributed by atoms with Gasteiger partial charge in [0.15, 0.2) is 11.6 Å². The predicted molar refractivity (Wildman–Crippen MR) is 138 cm³/mol. The summed E-state index contributed by atoms with van der Waals surface area (Å²) in [5.41, 5.74) is 0.184. The molecule has 2 aliphatic rings. The number of benzene rings is 2. The van der Waals surface area contributed by atoms with Gasteiger partial charge in [-0.1, -0.05) is 24.3 Å². The third-order valence-corrected chi connectivity index (χ3v) is 8.79. The van der Waals surface area contributed by atoms with E-state index in [0.717, 1.165) is 6.26 Å². The molecule has 36 heavy (non-hydrogen) atoms. The van der Waals surface area contributed by atoms with Crippen molar-refractivity contribution in [3.63, 3.8) is 0 Å². The Hall–Kier alpha value is -2.85. The minimum atomic E-state index is -4.44. The van der Waals surface area contributed by atoms with Crippen LogP contribution in [0.15, 0.2) is 47.2 Å². The molecule has 0 amide bonds. The van der Waals surface area contributed by atoms with Gasteiger partial charge in [0, 0.05) is 18.4 Å². The van der Waals surface area contributed by atoms with E-state index >= 15 is 0 Å². The van der Waals surface area contributed by atoms with Crippen LogP contribution < -0.4 is 15.3 Å². The van der Waals surface area contributed by atoms with E-state index in [1.165, 1.54) is 18.2 Å². The number of nitrogens with zero attached hydrogens (tertiary/aromatic N) is 1. The maximum atomic E-state index is 13.9. The molecule has 0 saturated carbocycles. The van der Waals surface area contributed by atoms with Crippen LogP contribution in [0, 0.1) is 5.92 Å². The molecule has 4 rings (SSSR count). The summed E-state index contributed by atoms with van der Waals surface area (Å²) in [5, 5.41) is 2.76. The highest BCUT2D eigenvalue weighted by atomic mass is 32.2. The maximum Gasteiger partial charge on any atom is 0.345 e. The number of Topliss-reactive ketones (excluding diaryl/α,β-unsaturated/α-hetero) is 2. The number of hydrogen-bond acceptors (Lipinski definition) is 7. The Morgan fingerprint density at radius 1 is 1.25 bits per heavy atom. The largest absolute Gasteiger partial charge is 0.382 e. The summed E-state index contributed by atoms with van der Waals surface area (Å²) in [5.74, 6) is -2.52. The number of nitrogens with one attached hydrogen (secondary N) is 2. The van der Waals surface area contributed by atoms with E-state index in [0.29, 0.717) is 24.0 Å². The Labute approximate surface area is 209 Å². The number of carbonyl (C=O) groups is 2. The van der Waals surface area contributed by atoms with Crippen LogP contribution in [0.1, 0.15) is 42.6 Å². The second-order valence-electron chi connectivity index (χ2n) is 9.38. The van der Waals surface area contributed by atoms with Crippen molar-refractivity contribution in [2.45, 2.75) is 38.2 Å². The van der Waals surface area contributed by atoms with Crippen LogP contribution in [-0.4, -0.2) is 50.2 Å². The highest BCUT2D eigenvalue weighted by Crippen LogP contribution is 2.49. The molecule has 1 aliphatic carbocycles. The van der Waals surface area contributed by atoms with Crippen LogP contribution in [0.5, 0.6) is 0 Å². The van der Waals surface area contributed by atoms with Crippen LogP contribution in [0.4, 0.5) is 11.4 Å². The van der Waals surface area contributed by atoms with Gasteiger partial charge in [-0.05, 0) is 50.5 Å². The topological polar surface area (TPSA) is 151 Å². The fourth-order valence-corrected chi connectivity index (χ4v) is 6.54. The molecule has 4 atom stereocenters. The number of sulfonamides is 1. The standard InChI is InChI=1S/C24H28N3O7PS/c1-14(34-3)11-12-24(2)17-8-6-5-7-16(17)21(28)20(22(24)29)23-25-18-10-9-15(27-36(4,32)33)13-19(18)35(30,31)26-23/h5-10,13-14,20,27H,11-12H2,1-4H3,(H2,25,26,30,31). The van der Waals surface area contributed by atoms with E-state index in [4.69, 9.17) is 4.74 Å². The molecule has 1 heterocycles. The van der Waals surface area contributed by atoms with Crippen molar-refractivity contribution in [1.29, 1.82) is 0 Å². The highest BCUT2D eigenvalue weighted by molar-refractivity contribution is 7.92. The van der Waals surface area contributed by atoms with Crippen molar-refractivity contribution in [3.05, 3.63) is 53.6 Å². The molecular formula is C24H28N3O7PS. The van der Waals surface area contributed by atoms with Crippen molar-refractivity contribution in [1.82, 2.24) is 0 Å². The number of ether oxygens (including phenoxy) is 1. The number of anilines is 2. The Morgan fingerprint density at radius 3 is 2.61 bits per heavy atom. The average molecular weight is 534 g/mol. The molecule has 12 heteroatoms. The number of carbonyl (C=O) groups excluding carboxylic acids is 2. The van der Waals surface area contributed by atoms with Gasteiger partial charge in [0.25, 0.3) is 0 Å². The maximum absolute atomic E-state index is 13.9. The summed E-state index contributed by atoms with van der Waals surface area (Å²) < 4.78 is 47.9. The first-order valence-electron chi connectivity index (χ1n) is 11.3. The Balaban J connectivity index is 1.77. The molecule has 0 radical (unpaired) electrons. The van der Waals surface area contributed by atoms with Gasteiger partial charge in [0.05, 0.1) is 28.8 Å². The Morgan fingerprint density at radius 2 is 1.94 bits per heavy atom. The summed E-state index contributed by atoms with van der Waals surface area (Å²) in [6.07, 6.45) is 1.82. The Kier molecular flexibility index (Phi) is 6.72. The number of amidine groups is 1. The minimum Gasteiger partial charge on any atom is -0.382 e. The lowest BCUT2D eigenvalue weighted by Crippen LogP contribution is -2.51. The third-order valence-electron chi connectivity index (χ3n) is 6.70. The summed E-state index contributed by atoms with van der Waals surface area (Å²) in [6, 6.07) is 10.9. The number of fused-ring (bicyclic) bond motifs is 2. The molecule has 2 aromatic rings. The summed E-state index contributed by atoms with van der Waals surface area (Å²) in [4.78, 5) is 38.2. The second kappa shape index (κ2) is 9.23. The first-order chi connectivity index (χ1) is 16.8. The number of rotatable bonds is 7. The van der Waals surface area contributed by atoms with Crippen molar-refractivity contribution in [2.24, 2.45) is 10.7 Å². The van der Waals surface area contributed by atoms with Crippen LogP contribution >= 0.6 is 7.52 Å². The zero-order chi connectivity index (χ0) is 26.5. The van der Waals surface area contributed by atoms with Gasteiger partial charge in [0.1, 0.15) is 11.8 Å². The molecule has 10 nitrogen and oxygen atoms in total. The third kappa shape index (κ3) is 4.76. The van der Waals surface area contributed by atoms with Gasteiger partial charge in [-0.2, -0.15) is 4.76 Å². The molecule has 0 fully saturated rings. The van der Waals surface area contributed by atoms with Crippen molar-refractivity contribution in [2.75, 3.05) is 23.4 Å². The summed E-state index contributed by atoms with van der Waals surface area (Å²) in [7, 11) is -6.47. The van der Waals surface area contributed by atoms with Gasteiger partial charge in [-0.3, -0.25) is 18.9 Å². The molecule has 2 aromatic carbocycles. The van der Waals surface area contributed by atoms with Crippen LogP contribution in [0.25, 0.3) is 0 Å². The van der Waals surface area contributed by atoms with E-state index in [2.05, 4.69) is 14.8 Å². The fraction of sp³-hybridized carbons (Fsp3) is 0.375. The van der Waals surface area contributed by atoms with Gasteiger partial charge < -0.3 is 14.9 Å². The summed E-state index contributed by atoms with van der Waals surface area (Å²) >= 11 is 0. The van der Waals surface area contributed by atoms with Gasteiger partial charge in [-0.15, -0.1) is 0 Å². The quantitative estimate of drug-likeness (QED) is 0.363. The normalized spacial score (nSPS) is 26.4. The molecule has 0 spiro atoms. The lowest BCUT2D eigenvalue weighted by atomic mass is 9.63. The molecule has 4 unspecified atom stereocenters. The average Bonchev–Trinajstić information content (AvgIpc) is 2.80. The van der Waals surface area contributed by atoms with Gasteiger partial charge >= 0.3 is 7.52 Å². The molecule has 0 aromatic heterocycles. The molecular weight excluding hydrogens is 505 g/mol. The number of hydrogen-bond donors (Lipinski definition) is 3. The smallest absolute Gasteiger partial charge is 0.345 e. The zero-order valence-electron chi connectivity index (χ0n) is 20.3. The highest BCUT2D eigenvalue weighted by Gasteiger charge is 2.51. The van der Waals surface area contributed by atoms with E-state index in [1.54, 1.807) is 38.3 Å². The molecule has 0 bridgehead atoms. The lowest BCUT2D eigenvalue weighted by molar-refractivity contribution is -0.125. The fourth-order valence-electron chi connectivity index (χ4n) is 4.67. The monoisotopic (exact) mass is 533 g/mol. The Bertz CT molecular complexity index is 1440. The first-order valence-corrected chi connectivity index (χ1v) is 14.8. The molecule has 1 aliphatic heterocycles. The predicted octanol–water partition coefficient (Wildman–Crippen LogP) is 2.85. The van der Waals surface area contributed by atoms with Crippen molar-refractivity contribution >= 4 is 51.6 Å². The van der Waals surface area contributed by atoms with E-state index in [1.807, 2.05) is 6.92 Å². The van der Waals surface area contributed by atoms with Crippen molar-refractivity contribution < 1.29 is 32.2 Å². The zero-order valence-corrected chi connectivity index (χ0v) is 22.0. The van der Waals surface area contributed by atoms with Gasteiger partial charge in [-0.25, -0.2) is 8.42 Å². The van der Waals surface area contributed by atoms with Crippen LogP contribution in [-0.2, 0) is 29.5 Å². The SMILES string of the molecule is COC(C)CCC1(C)C(=O)C(C2=NP(=O)(O)c3cc(NS(C)(=O)=O)ccc3N2)C(=O)c2ccccc21. The second-order valence-corrected chi connectivity index (χ2v) is 12.9. The van der Waals surface area contributed by atoms with Crippen molar-refractivity contribution in [3.8, 4) is 0 Å². The van der Waals surface area contributed by atoms with Crippen LogP contribution in [0.2, 0.25) is 0 Å². The van der Waals surface area contributed by atoms with Crippen LogP contribution in [0.3, 0.4) is 0 Å². The first kappa shape index (κ1) is 26.2. The number of ketones is 2. The number of methoxy groups -OCH3 is 1. The molecule has 0 saturated heterocycles. The van der Waals surface area contributed by atoms with E-state index < -0.39 is 40.4 Å². The van der Waals surface area contributed by atoms with Gasteiger partial charge in [0.2, 0.25) is 10.0 Å². The van der Waals surface area contributed by atoms with E-state index in [-0.39, 0.29) is 28.6 Å². The lowest BCUT2D eigenvalue weighted by Gasteiger charge is -2.39. The van der Waals surface area contributed by atoms with E-state index in [9.17, 15) is 27.5 Å². The molecule has 192 valence electrons. The molecule has 3 N–H and O–H groups in total. The summed E-state index contributed by atoms with van der Waals surface area (Å²) in [6.45, 7) is 3.67. The minimum absolute atomic E-state index is 0.0876.